The van der Waals surface area contributed by atoms with Gasteiger partial charge in [-0.15, -0.1) is 11.6 Å². The van der Waals surface area contributed by atoms with Gasteiger partial charge in [-0.2, -0.15) is 0 Å². The van der Waals surface area contributed by atoms with Crippen molar-refractivity contribution in [3.8, 4) is 0 Å². The molecule has 0 spiro atoms. The van der Waals surface area contributed by atoms with E-state index in [0.717, 1.165) is 4.72 Å². The first-order chi connectivity index (χ1) is 7.71. The molecule has 1 aromatic rings. The molecule has 0 aliphatic heterocycles. The molecule has 1 aromatic carbocycles. The largest absolute Gasteiger partial charge is 0.277 e. The van der Waals surface area contributed by atoms with E-state index in [1.165, 1.54) is 0 Å². The summed E-state index contributed by atoms with van der Waals surface area (Å²) in [4.78, 5) is 0. The lowest BCUT2D eigenvalue weighted by Gasteiger charge is -2.09. The third kappa shape index (κ3) is 2.60. The van der Waals surface area contributed by atoms with Crippen LogP contribution in [0.25, 0.3) is 0 Å². The van der Waals surface area contributed by atoms with Crippen LogP contribution in [0.4, 0.5) is 27.6 Å². The highest BCUT2D eigenvalue weighted by Crippen LogP contribution is 2.27. The molecule has 0 saturated heterocycles. The normalized spacial score (nSPS) is 11.6. The number of sulfonamides is 1. The van der Waals surface area contributed by atoms with Gasteiger partial charge in [0.15, 0.2) is 23.3 Å². The summed E-state index contributed by atoms with van der Waals surface area (Å²) < 4.78 is 86.7. The Bertz CT molecular complexity index is 533. The van der Waals surface area contributed by atoms with Crippen molar-refractivity contribution in [3.63, 3.8) is 0 Å². The zero-order valence-corrected chi connectivity index (χ0v) is 9.27. The Morgan fingerprint density at radius 1 is 0.882 bits per heavy atom. The van der Waals surface area contributed by atoms with Gasteiger partial charge in [0, 0.05) is 0 Å². The monoisotopic (exact) mass is 295 g/mol. The fourth-order valence-electron chi connectivity index (χ4n) is 0.877. The van der Waals surface area contributed by atoms with E-state index in [9.17, 15) is 30.4 Å². The third-order valence-electron chi connectivity index (χ3n) is 1.61. The predicted molar refractivity (Wildman–Crippen MR) is 49.5 cm³/mol. The number of hydrogen-bond donors (Lipinski definition) is 1. The summed E-state index contributed by atoms with van der Waals surface area (Å²) in [6, 6.07) is 0. The Balaban J connectivity index is 3.45. The zero-order valence-electron chi connectivity index (χ0n) is 7.70. The minimum absolute atomic E-state index is 1.10. The van der Waals surface area contributed by atoms with Crippen LogP contribution in [0.1, 0.15) is 0 Å². The van der Waals surface area contributed by atoms with Gasteiger partial charge in [-0.25, -0.2) is 30.4 Å². The molecular formula is C7H3ClF5NO2S. The van der Waals surface area contributed by atoms with Gasteiger partial charge in [-0.3, -0.25) is 4.72 Å². The molecule has 0 aliphatic carbocycles. The lowest BCUT2D eigenvalue weighted by Crippen LogP contribution is -2.18. The van der Waals surface area contributed by atoms with Gasteiger partial charge in [0.1, 0.15) is 10.9 Å². The molecule has 10 heteroatoms. The number of halogens is 6. The SMILES string of the molecule is O=S(=O)(CCl)Nc1c(F)c(F)c(F)c(F)c1F. The summed E-state index contributed by atoms with van der Waals surface area (Å²) in [6.07, 6.45) is 0. The summed E-state index contributed by atoms with van der Waals surface area (Å²) in [5.41, 5.74) is -1.66. The molecular weight excluding hydrogens is 293 g/mol. The van der Waals surface area contributed by atoms with Gasteiger partial charge in [-0.05, 0) is 0 Å². The minimum Gasteiger partial charge on any atom is -0.277 e. The second kappa shape index (κ2) is 4.65. The lowest BCUT2D eigenvalue weighted by atomic mass is 10.2. The number of hydrogen-bond acceptors (Lipinski definition) is 2. The van der Waals surface area contributed by atoms with Crippen LogP contribution >= 0.6 is 11.6 Å². The number of benzene rings is 1. The van der Waals surface area contributed by atoms with Crippen LogP contribution in [0.3, 0.4) is 0 Å². The van der Waals surface area contributed by atoms with Crippen molar-refractivity contribution in [2.24, 2.45) is 0 Å². The zero-order chi connectivity index (χ0) is 13.4. The maximum Gasteiger partial charge on any atom is 0.246 e. The third-order valence-corrected chi connectivity index (χ3v) is 3.28. The molecule has 0 saturated carbocycles. The molecule has 3 nitrogen and oxygen atoms in total. The van der Waals surface area contributed by atoms with E-state index in [0.29, 0.717) is 0 Å². The van der Waals surface area contributed by atoms with E-state index in [-0.39, 0.29) is 0 Å². The van der Waals surface area contributed by atoms with Crippen LogP contribution in [0, 0.1) is 29.1 Å². The molecule has 0 heterocycles. The molecule has 17 heavy (non-hydrogen) atoms. The van der Waals surface area contributed by atoms with Gasteiger partial charge in [0.25, 0.3) is 0 Å². The maximum absolute atomic E-state index is 13.0. The number of rotatable bonds is 3. The van der Waals surface area contributed by atoms with Crippen molar-refractivity contribution in [2.45, 2.75) is 0 Å². The highest BCUT2D eigenvalue weighted by atomic mass is 35.5. The molecule has 1 rings (SSSR count). The summed E-state index contributed by atoms with van der Waals surface area (Å²) >= 11 is 4.90. The Morgan fingerprint density at radius 2 is 1.24 bits per heavy atom. The standard InChI is InChI=1S/C7H3ClF5NO2S/c8-1-17(15,16)14-7-5(12)3(10)2(9)4(11)6(7)13/h14H,1H2. The molecule has 1 N–H and O–H groups in total. The topological polar surface area (TPSA) is 46.2 Å². The molecule has 0 aliphatic rings. The van der Waals surface area contributed by atoms with Crippen molar-refractivity contribution in [3.05, 3.63) is 29.1 Å². The van der Waals surface area contributed by atoms with Crippen molar-refractivity contribution in [2.75, 3.05) is 9.93 Å². The number of alkyl halides is 1. The van der Waals surface area contributed by atoms with E-state index in [2.05, 4.69) is 0 Å². The summed E-state index contributed by atoms with van der Waals surface area (Å²) in [5.74, 6) is -11.5. The minimum atomic E-state index is -4.38. The molecule has 0 aromatic heterocycles. The second-order valence-electron chi connectivity index (χ2n) is 2.77. The lowest BCUT2D eigenvalue weighted by molar-refractivity contribution is 0.382. The second-order valence-corrected chi connectivity index (χ2v) is 5.08. The first kappa shape index (κ1) is 14.0. The molecule has 0 bridgehead atoms. The summed E-state index contributed by atoms with van der Waals surface area (Å²) in [6.45, 7) is 0. The van der Waals surface area contributed by atoms with Gasteiger partial charge in [0.2, 0.25) is 15.8 Å². The Morgan fingerprint density at radius 3 is 1.59 bits per heavy atom. The highest BCUT2D eigenvalue weighted by molar-refractivity contribution is 7.93. The number of nitrogens with one attached hydrogen (secondary N) is 1. The fourth-order valence-corrected chi connectivity index (χ4v) is 1.59. The predicted octanol–water partition coefficient (Wildman–Crippen LogP) is 2.32. The van der Waals surface area contributed by atoms with Crippen molar-refractivity contribution >= 4 is 27.3 Å². The van der Waals surface area contributed by atoms with Gasteiger partial charge < -0.3 is 0 Å². The Kier molecular flexibility index (Phi) is 3.82. The summed E-state index contributed by atoms with van der Waals surface area (Å²) in [7, 11) is -4.38. The fraction of sp³-hybridized carbons (Fsp3) is 0.143. The van der Waals surface area contributed by atoms with Crippen LogP contribution in [0.15, 0.2) is 0 Å². The number of anilines is 1. The van der Waals surface area contributed by atoms with E-state index >= 15 is 0 Å². The molecule has 0 unspecified atom stereocenters. The smallest absolute Gasteiger partial charge is 0.246 e. The Hall–Kier alpha value is -1.09. The molecule has 0 atom stereocenters. The van der Waals surface area contributed by atoms with Crippen LogP contribution in [-0.4, -0.2) is 13.6 Å². The van der Waals surface area contributed by atoms with Crippen molar-refractivity contribution in [1.82, 2.24) is 0 Å². The maximum atomic E-state index is 13.0. The van der Waals surface area contributed by atoms with Crippen LogP contribution in [0.5, 0.6) is 0 Å². The average molecular weight is 296 g/mol. The van der Waals surface area contributed by atoms with E-state index in [4.69, 9.17) is 11.6 Å². The van der Waals surface area contributed by atoms with Crippen LogP contribution in [-0.2, 0) is 10.0 Å². The van der Waals surface area contributed by atoms with Gasteiger partial charge in [-0.1, -0.05) is 0 Å². The highest BCUT2D eigenvalue weighted by Gasteiger charge is 2.27. The van der Waals surface area contributed by atoms with E-state index in [1.807, 2.05) is 0 Å². The summed E-state index contributed by atoms with van der Waals surface area (Å²) in [5, 5.41) is -1.10. The molecule has 0 amide bonds. The first-order valence-electron chi connectivity index (χ1n) is 3.79. The van der Waals surface area contributed by atoms with Crippen LogP contribution in [0.2, 0.25) is 0 Å². The molecule has 96 valence electrons. The van der Waals surface area contributed by atoms with E-state index < -0.39 is 50.0 Å². The average Bonchev–Trinajstić information content (AvgIpc) is 2.30. The Labute approximate surface area is 97.2 Å². The van der Waals surface area contributed by atoms with E-state index in [1.54, 1.807) is 0 Å². The van der Waals surface area contributed by atoms with Gasteiger partial charge in [0.05, 0.1) is 0 Å². The van der Waals surface area contributed by atoms with Crippen molar-refractivity contribution in [1.29, 1.82) is 0 Å². The molecule has 0 radical (unpaired) electrons. The first-order valence-corrected chi connectivity index (χ1v) is 5.98. The quantitative estimate of drug-likeness (QED) is 0.403. The van der Waals surface area contributed by atoms with Crippen molar-refractivity contribution < 1.29 is 30.4 Å². The van der Waals surface area contributed by atoms with Crippen LogP contribution < -0.4 is 4.72 Å². The van der Waals surface area contributed by atoms with Gasteiger partial charge >= 0.3 is 0 Å². The molecule has 0 fully saturated rings.